The van der Waals surface area contributed by atoms with Crippen LogP contribution in [-0.2, 0) is 36.8 Å². The molecule has 1 saturated carbocycles. The van der Waals surface area contributed by atoms with E-state index in [0.717, 1.165) is 49.8 Å². The van der Waals surface area contributed by atoms with Crippen LogP contribution in [0.3, 0.4) is 0 Å². The van der Waals surface area contributed by atoms with E-state index in [1.807, 2.05) is 109 Å². The molecule has 0 bridgehead atoms. The molecule has 53 heavy (non-hydrogen) atoms. The quantitative estimate of drug-likeness (QED) is 0.0967. The third-order valence-electron chi connectivity index (χ3n) is 10.5. The molecule has 1 unspecified atom stereocenters. The van der Waals surface area contributed by atoms with Gasteiger partial charge in [0, 0.05) is 36.5 Å². The van der Waals surface area contributed by atoms with Crippen molar-refractivity contribution in [3.8, 4) is 0 Å². The predicted octanol–water partition coefficient (Wildman–Crippen LogP) is 7.57. The Morgan fingerprint density at radius 3 is 1.81 bits per heavy atom. The maximum Gasteiger partial charge on any atom is 0.224 e. The third-order valence-corrected chi connectivity index (χ3v) is 10.5. The molecule has 0 saturated heterocycles. The van der Waals surface area contributed by atoms with Gasteiger partial charge in [0.25, 0.3) is 0 Å². The van der Waals surface area contributed by atoms with Gasteiger partial charge in [0.15, 0.2) is 11.6 Å². The first-order chi connectivity index (χ1) is 25.2. The van der Waals surface area contributed by atoms with Crippen molar-refractivity contribution in [2.45, 2.75) is 130 Å². The predicted molar refractivity (Wildman–Crippen MR) is 213 cm³/mol. The molecule has 1 aliphatic carbocycles. The lowest BCUT2D eigenvalue weighted by Crippen LogP contribution is -2.49. The minimum atomic E-state index is -0.799. The van der Waals surface area contributed by atoms with Crippen LogP contribution in [0.4, 0.5) is 0 Å². The van der Waals surface area contributed by atoms with E-state index in [2.05, 4.69) is 15.5 Å². The van der Waals surface area contributed by atoms with Crippen molar-refractivity contribution < 1.29 is 24.0 Å². The van der Waals surface area contributed by atoms with E-state index in [4.69, 9.17) is 0 Å². The second-order valence-electron chi connectivity index (χ2n) is 16.9. The van der Waals surface area contributed by atoms with Gasteiger partial charge in [0.1, 0.15) is 5.78 Å². The molecule has 2 aromatic carbocycles. The fourth-order valence-electron chi connectivity index (χ4n) is 7.04. The smallest absolute Gasteiger partial charge is 0.224 e. The van der Waals surface area contributed by atoms with Crippen LogP contribution in [0, 0.1) is 29.1 Å². The summed E-state index contributed by atoms with van der Waals surface area (Å²) in [5.74, 6) is -1.64. The molecular weight excluding hydrogens is 663 g/mol. The van der Waals surface area contributed by atoms with Crippen LogP contribution < -0.4 is 10.6 Å². The van der Waals surface area contributed by atoms with Crippen LogP contribution >= 0.6 is 0 Å². The highest BCUT2D eigenvalue weighted by Crippen LogP contribution is 2.47. The zero-order valence-corrected chi connectivity index (χ0v) is 33.6. The zero-order chi connectivity index (χ0) is 39.0. The van der Waals surface area contributed by atoms with Crippen LogP contribution in [0.25, 0.3) is 0 Å². The Hall–Kier alpha value is -3.65. The minimum Gasteiger partial charge on any atom is -0.346 e. The number of nitrogens with one attached hydrogen (secondary N) is 2. The first kappa shape index (κ1) is 43.8. The van der Waals surface area contributed by atoms with E-state index in [1.54, 1.807) is 0 Å². The van der Waals surface area contributed by atoms with Crippen LogP contribution in [-0.4, -0.2) is 66.8 Å². The lowest BCUT2D eigenvalue weighted by atomic mass is 9.87. The monoisotopic (exact) mass is 730 g/mol. The van der Waals surface area contributed by atoms with E-state index in [-0.39, 0.29) is 53.8 Å². The number of ketones is 3. The van der Waals surface area contributed by atoms with Crippen molar-refractivity contribution in [3.05, 3.63) is 71.8 Å². The summed E-state index contributed by atoms with van der Waals surface area (Å²) in [7, 11) is 4.08. The molecule has 1 fully saturated rings. The summed E-state index contributed by atoms with van der Waals surface area (Å²) in [4.78, 5) is 71.2. The first-order valence-corrected chi connectivity index (χ1v) is 20.1. The summed E-state index contributed by atoms with van der Waals surface area (Å²) in [6.07, 6.45) is 7.36. The molecule has 1 aliphatic rings. The van der Waals surface area contributed by atoms with Crippen molar-refractivity contribution in [1.29, 1.82) is 0 Å². The number of nitrogens with zero attached hydrogens (tertiary/aromatic N) is 1. The summed E-state index contributed by atoms with van der Waals surface area (Å²) >= 11 is 0. The van der Waals surface area contributed by atoms with E-state index in [9.17, 15) is 24.0 Å². The van der Waals surface area contributed by atoms with Gasteiger partial charge in [-0.25, -0.2) is 0 Å². The summed E-state index contributed by atoms with van der Waals surface area (Å²) < 4.78 is 0. The second kappa shape index (κ2) is 21.9. The SMILES string of the molecule is CC(C)CC(NC(=O)[C@H](CCc1ccccc1)CC(=O)CCCCCN(C)C)C(=O)C[C@@H](Cc1ccccc1)C(=O)N[C@@H](CC(C)C)C(=O)C1(C)CC1. The minimum absolute atomic E-state index is 0.0685. The molecule has 2 N–H and O–H groups in total. The molecule has 2 amide bonds. The molecule has 0 aromatic heterocycles. The molecule has 0 aliphatic heterocycles. The highest BCUT2D eigenvalue weighted by atomic mass is 16.2. The number of hydrogen-bond acceptors (Lipinski definition) is 6. The molecule has 8 heteroatoms. The van der Waals surface area contributed by atoms with Gasteiger partial charge >= 0.3 is 0 Å². The highest BCUT2D eigenvalue weighted by Gasteiger charge is 2.48. The van der Waals surface area contributed by atoms with Crippen LogP contribution in [0.1, 0.15) is 116 Å². The molecule has 0 heterocycles. The van der Waals surface area contributed by atoms with Gasteiger partial charge in [-0.3, -0.25) is 24.0 Å². The Bertz CT molecular complexity index is 1450. The lowest BCUT2D eigenvalue weighted by molar-refractivity contribution is -0.135. The number of carbonyl (C=O) groups is 5. The highest BCUT2D eigenvalue weighted by molar-refractivity contribution is 5.97. The lowest BCUT2D eigenvalue weighted by Gasteiger charge is -2.27. The van der Waals surface area contributed by atoms with Gasteiger partial charge in [-0.15, -0.1) is 0 Å². The first-order valence-electron chi connectivity index (χ1n) is 20.1. The Balaban J connectivity index is 1.78. The van der Waals surface area contributed by atoms with Crippen LogP contribution in [0.5, 0.6) is 0 Å². The van der Waals surface area contributed by atoms with Crippen molar-refractivity contribution in [2.75, 3.05) is 20.6 Å². The molecule has 8 nitrogen and oxygen atoms in total. The molecule has 4 atom stereocenters. The summed E-state index contributed by atoms with van der Waals surface area (Å²) in [6, 6.07) is 18.1. The third kappa shape index (κ3) is 16.1. The standard InChI is InChI=1S/C45H67N3O5/c1-32(2)27-39(46-43(52)36(23-22-34-17-11-8-12-18-34)30-38(49)21-15-10-16-26-48(6)7)41(50)31-37(29-35-19-13-9-14-20-35)44(53)47-40(28-33(3)4)42(51)45(5)24-25-45/h8-9,11-14,17-20,32-33,36-37,39-40H,10,15-16,21-31H2,1-7H3,(H,46,52)(H,47,53)/t36-,37-,39?,40+/m1/s1. The molecule has 0 radical (unpaired) electrons. The number of carbonyl (C=O) groups excluding carboxylic acids is 5. The number of unbranched alkanes of at least 4 members (excludes halogenated alkanes) is 2. The van der Waals surface area contributed by atoms with E-state index >= 15 is 0 Å². The second-order valence-corrected chi connectivity index (χ2v) is 16.9. The molecule has 292 valence electrons. The molecular formula is C45H67N3O5. The fourth-order valence-corrected chi connectivity index (χ4v) is 7.04. The molecule has 0 spiro atoms. The Kier molecular flexibility index (Phi) is 18.1. The Morgan fingerprint density at radius 1 is 0.698 bits per heavy atom. The largest absolute Gasteiger partial charge is 0.346 e. The Morgan fingerprint density at radius 2 is 1.25 bits per heavy atom. The van der Waals surface area contributed by atoms with Gasteiger partial charge in [0.05, 0.1) is 12.1 Å². The normalized spacial score (nSPS) is 15.8. The van der Waals surface area contributed by atoms with Gasteiger partial charge in [-0.2, -0.15) is 0 Å². The summed E-state index contributed by atoms with van der Waals surface area (Å²) in [5, 5.41) is 6.14. The maximum atomic E-state index is 14.2. The number of Topliss-reactive ketones (excluding diaryl/α,β-unsaturated/α-hetero) is 3. The van der Waals surface area contributed by atoms with Crippen molar-refractivity contribution in [1.82, 2.24) is 15.5 Å². The summed E-state index contributed by atoms with van der Waals surface area (Å²) in [5.41, 5.74) is 1.62. The summed E-state index contributed by atoms with van der Waals surface area (Å²) in [6.45, 7) is 11.0. The van der Waals surface area contributed by atoms with Crippen LogP contribution in [0.2, 0.25) is 0 Å². The van der Waals surface area contributed by atoms with Gasteiger partial charge in [-0.1, -0.05) is 102 Å². The van der Waals surface area contributed by atoms with Crippen molar-refractivity contribution in [3.63, 3.8) is 0 Å². The number of rotatable bonds is 26. The molecule has 3 rings (SSSR count). The average molecular weight is 730 g/mol. The van der Waals surface area contributed by atoms with Crippen molar-refractivity contribution in [2.24, 2.45) is 29.1 Å². The number of aryl methyl sites for hydroxylation is 1. The Labute approximate surface area is 319 Å². The van der Waals surface area contributed by atoms with Gasteiger partial charge < -0.3 is 15.5 Å². The van der Waals surface area contributed by atoms with Crippen molar-refractivity contribution >= 4 is 29.2 Å². The fraction of sp³-hybridized carbons (Fsp3) is 0.622. The van der Waals surface area contributed by atoms with Gasteiger partial charge in [0.2, 0.25) is 11.8 Å². The molecule has 2 aromatic rings. The van der Waals surface area contributed by atoms with E-state index in [0.29, 0.717) is 38.5 Å². The topological polar surface area (TPSA) is 113 Å². The zero-order valence-electron chi connectivity index (χ0n) is 33.6. The van der Waals surface area contributed by atoms with Crippen LogP contribution in [0.15, 0.2) is 60.7 Å². The van der Waals surface area contributed by atoms with E-state index in [1.165, 1.54) is 0 Å². The number of hydrogen-bond donors (Lipinski definition) is 2. The van der Waals surface area contributed by atoms with Gasteiger partial charge in [-0.05, 0) is 101 Å². The number of amides is 2. The average Bonchev–Trinajstić information content (AvgIpc) is 3.87. The van der Waals surface area contributed by atoms with E-state index < -0.39 is 29.3 Å². The maximum absolute atomic E-state index is 14.2. The number of benzene rings is 2.